The smallest absolute Gasteiger partial charge is 0.323 e. The first-order valence-electron chi connectivity index (χ1n) is 5.73. The Kier molecular flexibility index (Phi) is 5.16. The molecule has 4 nitrogen and oxygen atoms in total. The number of rotatable bonds is 5. The molecule has 0 aliphatic heterocycles. The van der Waals surface area contributed by atoms with Gasteiger partial charge in [-0.05, 0) is 25.0 Å². The minimum atomic E-state index is -1.03. The summed E-state index contributed by atoms with van der Waals surface area (Å²) in [5.74, 6) is -1.37. The second kappa shape index (κ2) is 6.40. The Labute approximate surface area is 111 Å². The topological polar surface area (TPSA) is 57.6 Å². The number of benzene rings is 1. The van der Waals surface area contributed by atoms with Crippen molar-refractivity contribution in [1.29, 1.82) is 0 Å². The first-order chi connectivity index (χ1) is 8.47. The van der Waals surface area contributed by atoms with E-state index in [1.807, 2.05) is 6.92 Å². The molecule has 0 radical (unpaired) electrons. The maximum atomic E-state index is 12.2. The number of nitrogens with zero attached hydrogens (tertiary/aromatic N) is 1. The third-order valence-electron chi connectivity index (χ3n) is 2.53. The van der Waals surface area contributed by atoms with Crippen LogP contribution in [0.25, 0.3) is 0 Å². The summed E-state index contributed by atoms with van der Waals surface area (Å²) >= 11 is 6.07. The van der Waals surface area contributed by atoms with Gasteiger partial charge >= 0.3 is 5.97 Å². The maximum Gasteiger partial charge on any atom is 0.323 e. The van der Waals surface area contributed by atoms with Gasteiger partial charge in [-0.25, -0.2) is 0 Å². The summed E-state index contributed by atoms with van der Waals surface area (Å²) in [5, 5.41) is 9.19. The lowest BCUT2D eigenvalue weighted by molar-refractivity contribution is -0.137. The Morgan fingerprint density at radius 2 is 2.06 bits per heavy atom. The molecule has 18 heavy (non-hydrogen) atoms. The molecule has 98 valence electrons. The molecule has 0 atom stereocenters. The van der Waals surface area contributed by atoms with Crippen LogP contribution in [0, 0.1) is 6.92 Å². The molecule has 0 spiro atoms. The van der Waals surface area contributed by atoms with Crippen LogP contribution in [-0.4, -0.2) is 35.0 Å². The van der Waals surface area contributed by atoms with E-state index < -0.39 is 5.97 Å². The van der Waals surface area contributed by atoms with E-state index in [-0.39, 0.29) is 12.5 Å². The van der Waals surface area contributed by atoms with E-state index in [9.17, 15) is 9.59 Å². The summed E-state index contributed by atoms with van der Waals surface area (Å²) in [6.07, 6.45) is 0.697. The average molecular weight is 270 g/mol. The molecule has 0 saturated carbocycles. The van der Waals surface area contributed by atoms with Crippen LogP contribution in [0.2, 0.25) is 5.02 Å². The fourth-order valence-corrected chi connectivity index (χ4v) is 1.88. The molecule has 5 heteroatoms. The quantitative estimate of drug-likeness (QED) is 0.894. The number of carboxylic acid groups (broad SMARTS) is 1. The second-order valence-corrected chi connectivity index (χ2v) is 4.43. The molecule has 0 saturated heterocycles. The Morgan fingerprint density at radius 3 is 2.61 bits per heavy atom. The van der Waals surface area contributed by atoms with Crippen molar-refractivity contribution in [2.45, 2.75) is 20.3 Å². The fourth-order valence-electron chi connectivity index (χ4n) is 1.67. The first-order valence-corrected chi connectivity index (χ1v) is 6.11. The van der Waals surface area contributed by atoms with Gasteiger partial charge in [0.1, 0.15) is 6.54 Å². The van der Waals surface area contributed by atoms with E-state index in [4.69, 9.17) is 16.7 Å². The van der Waals surface area contributed by atoms with Crippen LogP contribution < -0.4 is 0 Å². The van der Waals surface area contributed by atoms with Crippen molar-refractivity contribution in [1.82, 2.24) is 4.90 Å². The predicted octanol–water partition coefficient (Wildman–Crippen LogP) is 2.59. The van der Waals surface area contributed by atoms with Gasteiger partial charge in [-0.15, -0.1) is 0 Å². The zero-order chi connectivity index (χ0) is 13.7. The highest BCUT2D eigenvalue weighted by Gasteiger charge is 2.20. The highest BCUT2D eigenvalue weighted by molar-refractivity contribution is 6.34. The highest BCUT2D eigenvalue weighted by atomic mass is 35.5. The molecule has 1 aromatic carbocycles. The van der Waals surface area contributed by atoms with Gasteiger partial charge in [0.2, 0.25) is 0 Å². The monoisotopic (exact) mass is 269 g/mol. The molecule has 0 fully saturated rings. The molecular weight excluding hydrogens is 254 g/mol. The van der Waals surface area contributed by atoms with Crippen molar-refractivity contribution in [3.05, 3.63) is 34.3 Å². The Balaban J connectivity index is 3.01. The SMILES string of the molecule is CCCN(CC(=O)O)C(=O)c1cccc(C)c1Cl. The van der Waals surface area contributed by atoms with E-state index in [0.29, 0.717) is 23.6 Å². The van der Waals surface area contributed by atoms with Crippen molar-refractivity contribution in [3.8, 4) is 0 Å². The molecule has 0 aliphatic carbocycles. The number of aryl methyl sites for hydroxylation is 1. The number of hydrogen-bond acceptors (Lipinski definition) is 2. The van der Waals surface area contributed by atoms with Crippen LogP contribution in [0.4, 0.5) is 0 Å². The predicted molar refractivity (Wildman–Crippen MR) is 70.0 cm³/mol. The van der Waals surface area contributed by atoms with Gasteiger partial charge in [0.15, 0.2) is 0 Å². The lowest BCUT2D eigenvalue weighted by Crippen LogP contribution is -2.36. The summed E-state index contributed by atoms with van der Waals surface area (Å²) in [7, 11) is 0. The Morgan fingerprint density at radius 1 is 1.39 bits per heavy atom. The largest absolute Gasteiger partial charge is 0.480 e. The summed E-state index contributed by atoms with van der Waals surface area (Å²) in [6, 6.07) is 5.15. The zero-order valence-corrected chi connectivity index (χ0v) is 11.2. The van der Waals surface area contributed by atoms with Crippen molar-refractivity contribution in [3.63, 3.8) is 0 Å². The molecule has 1 amide bonds. The minimum Gasteiger partial charge on any atom is -0.480 e. The van der Waals surface area contributed by atoms with Crippen molar-refractivity contribution >= 4 is 23.5 Å². The number of amides is 1. The van der Waals surface area contributed by atoms with Crippen LogP contribution in [0.1, 0.15) is 29.3 Å². The van der Waals surface area contributed by atoms with Crippen LogP contribution in [0.15, 0.2) is 18.2 Å². The third kappa shape index (κ3) is 3.47. The number of halogens is 1. The van der Waals surface area contributed by atoms with Gasteiger partial charge in [-0.1, -0.05) is 30.7 Å². The Hall–Kier alpha value is -1.55. The van der Waals surface area contributed by atoms with E-state index in [2.05, 4.69) is 0 Å². The molecule has 0 aromatic heterocycles. The molecule has 0 bridgehead atoms. The summed E-state index contributed by atoms with van der Waals surface area (Å²) in [5.41, 5.74) is 1.15. The summed E-state index contributed by atoms with van der Waals surface area (Å²) in [4.78, 5) is 24.3. The maximum absolute atomic E-state index is 12.2. The van der Waals surface area contributed by atoms with Crippen molar-refractivity contribution in [2.75, 3.05) is 13.1 Å². The van der Waals surface area contributed by atoms with E-state index in [1.165, 1.54) is 4.90 Å². The standard InChI is InChI=1S/C13H16ClNO3/c1-3-7-15(8-11(16)17)13(18)10-6-4-5-9(2)12(10)14/h4-6H,3,7-8H2,1-2H3,(H,16,17). The van der Waals surface area contributed by atoms with Gasteiger partial charge in [0.05, 0.1) is 10.6 Å². The van der Waals surface area contributed by atoms with Gasteiger partial charge in [0, 0.05) is 6.54 Å². The number of aliphatic carboxylic acids is 1. The molecular formula is C13H16ClNO3. The number of carbonyl (C=O) groups excluding carboxylic acids is 1. The molecule has 1 N–H and O–H groups in total. The summed E-state index contributed by atoms with van der Waals surface area (Å²) in [6.45, 7) is 3.78. The van der Waals surface area contributed by atoms with Crippen molar-refractivity contribution < 1.29 is 14.7 Å². The number of hydrogen-bond donors (Lipinski definition) is 1. The average Bonchev–Trinajstić information content (AvgIpc) is 2.31. The second-order valence-electron chi connectivity index (χ2n) is 4.06. The normalized spacial score (nSPS) is 10.2. The molecule has 0 unspecified atom stereocenters. The van der Waals surface area contributed by atoms with E-state index >= 15 is 0 Å². The van der Waals surface area contributed by atoms with Gasteiger partial charge < -0.3 is 10.0 Å². The highest BCUT2D eigenvalue weighted by Crippen LogP contribution is 2.21. The van der Waals surface area contributed by atoms with Crippen LogP contribution in [0.5, 0.6) is 0 Å². The van der Waals surface area contributed by atoms with E-state index in [1.54, 1.807) is 25.1 Å². The number of carbonyl (C=O) groups is 2. The van der Waals surface area contributed by atoms with Crippen LogP contribution in [0.3, 0.4) is 0 Å². The molecule has 0 aliphatic rings. The lowest BCUT2D eigenvalue weighted by Gasteiger charge is -2.20. The molecule has 1 rings (SSSR count). The van der Waals surface area contributed by atoms with Gasteiger partial charge in [-0.2, -0.15) is 0 Å². The minimum absolute atomic E-state index is 0.309. The van der Waals surface area contributed by atoms with Crippen LogP contribution in [-0.2, 0) is 4.79 Å². The molecule has 1 aromatic rings. The fraction of sp³-hybridized carbons (Fsp3) is 0.385. The van der Waals surface area contributed by atoms with Crippen molar-refractivity contribution in [2.24, 2.45) is 0 Å². The summed E-state index contributed by atoms with van der Waals surface area (Å²) < 4.78 is 0. The number of carboxylic acids is 1. The van der Waals surface area contributed by atoms with Gasteiger partial charge in [-0.3, -0.25) is 9.59 Å². The first kappa shape index (κ1) is 14.5. The van der Waals surface area contributed by atoms with E-state index in [0.717, 1.165) is 5.56 Å². The zero-order valence-electron chi connectivity index (χ0n) is 10.4. The van der Waals surface area contributed by atoms with Crippen LogP contribution >= 0.6 is 11.6 Å². The third-order valence-corrected chi connectivity index (χ3v) is 3.03. The lowest BCUT2D eigenvalue weighted by atomic mass is 10.1. The molecule has 0 heterocycles. The van der Waals surface area contributed by atoms with Gasteiger partial charge in [0.25, 0.3) is 5.91 Å². The Bertz CT molecular complexity index is 460.